The summed E-state index contributed by atoms with van der Waals surface area (Å²) in [6.45, 7) is 1.84. The maximum atomic E-state index is 13.8. The van der Waals surface area contributed by atoms with Crippen molar-refractivity contribution in [2.75, 3.05) is 13.1 Å². The highest BCUT2D eigenvalue weighted by Crippen LogP contribution is 2.28. The molecule has 3 nitrogen and oxygen atoms in total. The molecule has 1 amide bonds. The fourth-order valence-electron chi connectivity index (χ4n) is 2.35. The Bertz CT molecular complexity index is 414. The van der Waals surface area contributed by atoms with Gasteiger partial charge >= 0.3 is 0 Å². The van der Waals surface area contributed by atoms with E-state index in [-0.39, 0.29) is 24.1 Å². The van der Waals surface area contributed by atoms with Crippen LogP contribution >= 0.6 is 0 Å². The van der Waals surface area contributed by atoms with Crippen LogP contribution in [0.5, 0.6) is 0 Å². The van der Waals surface area contributed by atoms with E-state index in [0.29, 0.717) is 0 Å². The van der Waals surface area contributed by atoms with Crippen LogP contribution in [0.1, 0.15) is 29.9 Å². The summed E-state index contributed by atoms with van der Waals surface area (Å²) >= 11 is 0. The zero-order valence-corrected chi connectivity index (χ0v) is 9.71. The Kier molecular flexibility index (Phi) is 3.74. The first-order valence-electron chi connectivity index (χ1n) is 5.94. The fraction of sp³-hybridized carbons (Fsp3) is 0.462. The SMILES string of the molecule is NC(=O)Cc1ccc(F)c(C2CCNCC2)c1. The van der Waals surface area contributed by atoms with Gasteiger partial charge in [0, 0.05) is 0 Å². The lowest BCUT2D eigenvalue weighted by molar-refractivity contribution is -0.117. The van der Waals surface area contributed by atoms with E-state index in [2.05, 4.69) is 5.32 Å². The number of hydrogen-bond donors (Lipinski definition) is 2. The molecule has 1 fully saturated rings. The van der Waals surface area contributed by atoms with Gasteiger partial charge in [0.2, 0.25) is 5.91 Å². The summed E-state index contributed by atoms with van der Waals surface area (Å²) in [5.41, 5.74) is 6.67. The molecule has 1 aliphatic heterocycles. The van der Waals surface area contributed by atoms with Crippen LogP contribution in [-0.2, 0) is 11.2 Å². The van der Waals surface area contributed by atoms with Gasteiger partial charge in [0.1, 0.15) is 5.82 Å². The second-order valence-electron chi connectivity index (χ2n) is 4.52. The standard InChI is InChI=1S/C13H17FN2O/c14-12-2-1-9(8-13(15)17)7-11(12)10-3-5-16-6-4-10/h1-2,7,10,16H,3-6,8H2,(H2,15,17). The van der Waals surface area contributed by atoms with Crippen molar-refractivity contribution in [2.24, 2.45) is 5.73 Å². The number of amides is 1. The van der Waals surface area contributed by atoms with E-state index in [1.807, 2.05) is 0 Å². The van der Waals surface area contributed by atoms with Gasteiger partial charge in [0.25, 0.3) is 0 Å². The zero-order valence-electron chi connectivity index (χ0n) is 9.71. The van der Waals surface area contributed by atoms with E-state index in [1.54, 1.807) is 12.1 Å². The van der Waals surface area contributed by atoms with Crippen LogP contribution in [0.3, 0.4) is 0 Å². The summed E-state index contributed by atoms with van der Waals surface area (Å²) in [7, 11) is 0. The second kappa shape index (κ2) is 5.27. The van der Waals surface area contributed by atoms with E-state index in [4.69, 9.17) is 5.73 Å². The molecule has 1 saturated heterocycles. The Morgan fingerprint density at radius 1 is 1.41 bits per heavy atom. The molecule has 1 aliphatic rings. The monoisotopic (exact) mass is 236 g/mol. The van der Waals surface area contributed by atoms with E-state index in [9.17, 15) is 9.18 Å². The summed E-state index contributed by atoms with van der Waals surface area (Å²) in [6, 6.07) is 4.86. The van der Waals surface area contributed by atoms with E-state index in [1.165, 1.54) is 6.07 Å². The Balaban J connectivity index is 2.21. The lowest BCUT2D eigenvalue weighted by atomic mass is 9.88. The van der Waals surface area contributed by atoms with Gasteiger partial charge in [-0.15, -0.1) is 0 Å². The largest absolute Gasteiger partial charge is 0.369 e. The molecule has 0 bridgehead atoms. The normalized spacial score (nSPS) is 17.0. The summed E-state index contributed by atoms with van der Waals surface area (Å²) in [5, 5.41) is 3.25. The van der Waals surface area contributed by atoms with Gasteiger partial charge in [-0.2, -0.15) is 0 Å². The van der Waals surface area contributed by atoms with Crippen molar-refractivity contribution in [3.05, 3.63) is 35.1 Å². The fourth-order valence-corrected chi connectivity index (χ4v) is 2.35. The van der Waals surface area contributed by atoms with Crippen LogP contribution < -0.4 is 11.1 Å². The molecule has 0 aliphatic carbocycles. The molecular formula is C13H17FN2O. The van der Waals surface area contributed by atoms with Gasteiger partial charge in [0.15, 0.2) is 0 Å². The molecule has 0 spiro atoms. The first-order valence-corrected chi connectivity index (χ1v) is 5.94. The lowest BCUT2D eigenvalue weighted by Crippen LogP contribution is -2.27. The number of hydrogen-bond acceptors (Lipinski definition) is 2. The van der Waals surface area contributed by atoms with Crippen molar-refractivity contribution in [1.29, 1.82) is 0 Å². The minimum Gasteiger partial charge on any atom is -0.369 e. The molecule has 0 unspecified atom stereocenters. The molecule has 17 heavy (non-hydrogen) atoms. The summed E-state index contributed by atoms with van der Waals surface area (Å²) in [6.07, 6.45) is 2.06. The third kappa shape index (κ3) is 3.03. The van der Waals surface area contributed by atoms with Gasteiger partial charge in [0.05, 0.1) is 6.42 Å². The topological polar surface area (TPSA) is 55.1 Å². The first kappa shape index (κ1) is 12.0. The molecule has 0 aromatic heterocycles. The highest BCUT2D eigenvalue weighted by atomic mass is 19.1. The van der Waals surface area contributed by atoms with Gasteiger partial charge in [-0.05, 0) is 49.0 Å². The summed E-state index contributed by atoms with van der Waals surface area (Å²) in [5.74, 6) is -0.304. The molecule has 92 valence electrons. The number of piperidine rings is 1. The summed E-state index contributed by atoms with van der Waals surface area (Å²) < 4.78 is 13.8. The number of primary amides is 1. The molecule has 3 N–H and O–H groups in total. The number of halogens is 1. The van der Waals surface area contributed by atoms with Crippen molar-refractivity contribution in [3.8, 4) is 0 Å². The predicted molar refractivity (Wildman–Crippen MR) is 64.1 cm³/mol. The number of carbonyl (C=O) groups excluding carboxylic acids is 1. The average Bonchev–Trinajstić information content (AvgIpc) is 2.32. The zero-order chi connectivity index (χ0) is 12.3. The maximum absolute atomic E-state index is 13.8. The highest BCUT2D eigenvalue weighted by molar-refractivity contribution is 5.76. The molecule has 0 atom stereocenters. The molecule has 0 saturated carbocycles. The van der Waals surface area contributed by atoms with Crippen LogP contribution in [-0.4, -0.2) is 19.0 Å². The van der Waals surface area contributed by atoms with Crippen molar-refractivity contribution in [2.45, 2.75) is 25.2 Å². The number of benzene rings is 1. The van der Waals surface area contributed by atoms with Crippen molar-refractivity contribution >= 4 is 5.91 Å². The van der Waals surface area contributed by atoms with Crippen LogP contribution in [0.2, 0.25) is 0 Å². The van der Waals surface area contributed by atoms with Gasteiger partial charge < -0.3 is 11.1 Å². The van der Waals surface area contributed by atoms with Crippen LogP contribution in [0.15, 0.2) is 18.2 Å². The third-order valence-electron chi connectivity index (χ3n) is 3.22. The molecule has 1 heterocycles. The number of nitrogens with two attached hydrogens (primary N) is 1. The predicted octanol–water partition coefficient (Wildman–Crippen LogP) is 1.32. The number of carbonyl (C=O) groups is 1. The molecular weight excluding hydrogens is 219 g/mol. The van der Waals surface area contributed by atoms with Crippen molar-refractivity contribution in [1.82, 2.24) is 5.32 Å². The number of nitrogens with one attached hydrogen (secondary N) is 1. The number of rotatable bonds is 3. The van der Waals surface area contributed by atoms with Crippen LogP contribution in [0.25, 0.3) is 0 Å². The van der Waals surface area contributed by atoms with E-state index < -0.39 is 0 Å². The first-order chi connectivity index (χ1) is 8.16. The smallest absolute Gasteiger partial charge is 0.221 e. The third-order valence-corrected chi connectivity index (χ3v) is 3.22. The van der Waals surface area contributed by atoms with Crippen LogP contribution in [0.4, 0.5) is 4.39 Å². The Hall–Kier alpha value is -1.42. The Morgan fingerprint density at radius 3 is 2.76 bits per heavy atom. The Labute approximate surface area is 100 Å². The highest BCUT2D eigenvalue weighted by Gasteiger charge is 2.19. The molecule has 0 radical (unpaired) electrons. The van der Waals surface area contributed by atoms with Gasteiger partial charge in [-0.25, -0.2) is 4.39 Å². The maximum Gasteiger partial charge on any atom is 0.221 e. The van der Waals surface area contributed by atoms with Crippen molar-refractivity contribution in [3.63, 3.8) is 0 Å². The minimum atomic E-state index is -0.382. The molecule has 4 heteroatoms. The molecule has 1 aromatic rings. The second-order valence-corrected chi connectivity index (χ2v) is 4.52. The van der Waals surface area contributed by atoms with E-state index >= 15 is 0 Å². The summed E-state index contributed by atoms with van der Waals surface area (Å²) in [4.78, 5) is 10.9. The van der Waals surface area contributed by atoms with Crippen molar-refractivity contribution < 1.29 is 9.18 Å². The lowest BCUT2D eigenvalue weighted by Gasteiger charge is -2.23. The molecule has 1 aromatic carbocycles. The van der Waals surface area contributed by atoms with Gasteiger partial charge in [-0.3, -0.25) is 4.79 Å². The minimum absolute atomic E-state index is 0.176. The molecule has 2 rings (SSSR count). The average molecular weight is 236 g/mol. The van der Waals surface area contributed by atoms with Crippen LogP contribution in [0, 0.1) is 5.82 Å². The van der Waals surface area contributed by atoms with Gasteiger partial charge in [-0.1, -0.05) is 12.1 Å². The Morgan fingerprint density at radius 2 is 2.12 bits per heavy atom. The van der Waals surface area contributed by atoms with E-state index in [0.717, 1.165) is 37.1 Å². The quantitative estimate of drug-likeness (QED) is 0.831.